The number of hydrogen-bond acceptors (Lipinski definition) is 4. The predicted molar refractivity (Wildman–Crippen MR) is 108 cm³/mol. The van der Waals surface area contributed by atoms with Crippen molar-refractivity contribution in [3.05, 3.63) is 59.7 Å². The zero-order chi connectivity index (χ0) is 19.9. The maximum absolute atomic E-state index is 12.4. The first-order chi connectivity index (χ1) is 12.8. The largest absolute Gasteiger partial charge is 0.496 e. The standard InChI is InChI=1S/C20H26N2O4S/c1-4-16-9-5-7-11-18(16)21-20(23)15-22(27(3,24)25)14-13-17-10-6-8-12-19(17)26-2/h5-12H,4,13-15H2,1-3H3,(H,21,23). The molecule has 0 bridgehead atoms. The molecule has 0 unspecified atom stereocenters. The fourth-order valence-corrected chi connectivity index (χ4v) is 3.59. The van der Waals surface area contributed by atoms with Crippen molar-refractivity contribution in [1.82, 2.24) is 4.31 Å². The minimum absolute atomic E-state index is 0.196. The number of sulfonamides is 1. The number of nitrogens with zero attached hydrogens (tertiary/aromatic N) is 1. The highest BCUT2D eigenvalue weighted by Gasteiger charge is 2.21. The molecule has 0 spiro atoms. The van der Waals surface area contributed by atoms with Gasteiger partial charge in [0, 0.05) is 12.2 Å². The highest BCUT2D eigenvalue weighted by atomic mass is 32.2. The molecular formula is C20H26N2O4S. The number of amides is 1. The Balaban J connectivity index is 2.07. The minimum Gasteiger partial charge on any atom is -0.496 e. The van der Waals surface area contributed by atoms with Gasteiger partial charge in [-0.2, -0.15) is 4.31 Å². The van der Waals surface area contributed by atoms with E-state index in [9.17, 15) is 13.2 Å². The highest BCUT2D eigenvalue weighted by Crippen LogP contribution is 2.19. The van der Waals surface area contributed by atoms with Crippen molar-refractivity contribution in [2.24, 2.45) is 0 Å². The fourth-order valence-electron chi connectivity index (χ4n) is 2.82. The van der Waals surface area contributed by atoms with Crippen molar-refractivity contribution in [1.29, 1.82) is 0 Å². The summed E-state index contributed by atoms with van der Waals surface area (Å²) in [6.45, 7) is 1.97. The summed E-state index contributed by atoms with van der Waals surface area (Å²) in [6, 6.07) is 14.9. The molecular weight excluding hydrogens is 364 g/mol. The molecule has 146 valence electrons. The van der Waals surface area contributed by atoms with Gasteiger partial charge in [-0.1, -0.05) is 43.3 Å². The predicted octanol–water partition coefficient (Wildman–Crippen LogP) is 2.70. The van der Waals surface area contributed by atoms with Crippen LogP contribution < -0.4 is 10.1 Å². The maximum Gasteiger partial charge on any atom is 0.239 e. The Hall–Kier alpha value is -2.38. The number of benzene rings is 2. The Bertz CT molecular complexity index is 881. The number of carbonyl (C=O) groups excluding carboxylic acids is 1. The summed E-state index contributed by atoms with van der Waals surface area (Å²) < 4.78 is 30.8. The summed E-state index contributed by atoms with van der Waals surface area (Å²) in [4.78, 5) is 12.4. The average molecular weight is 391 g/mol. The topological polar surface area (TPSA) is 75.7 Å². The van der Waals surface area contributed by atoms with Gasteiger partial charge in [-0.3, -0.25) is 4.79 Å². The van der Waals surface area contributed by atoms with Gasteiger partial charge in [0.1, 0.15) is 5.75 Å². The molecule has 0 saturated carbocycles. The van der Waals surface area contributed by atoms with Gasteiger partial charge in [0.15, 0.2) is 0 Å². The Morgan fingerprint density at radius 3 is 2.33 bits per heavy atom. The molecule has 0 aliphatic carbocycles. The van der Waals surface area contributed by atoms with E-state index in [1.54, 1.807) is 7.11 Å². The summed E-state index contributed by atoms with van der Waals surface area (Å²) in [7, 11) is -1.95. The quantitative estimate of drug-likeness (QED) is 0.714. The van der Waals surface area contributed by atoms with Gasteiger partial charge in [0.25, 0.3) is 0 Å². The molecule has 27 heavy (non-hydrogen) atoms. The van der Waals surface area contributed by atoms with Crippen LogP contribution in [-0.2, 0) is 27.7 Å². The number of hydrogen-bond donors (Lipinski definition) is 1. The van der Waals surface area contributed by atoms with E-state index in [1.807, 2.05) is 55.5 Å². The molecule has 0 fully saturated rings. The molecule has 6 nitrogen and oxygen atoms in total. The molecule has 1 amide bonds. The lowest BCUT2D eigenvalue weighted by Gasteiger charge is -2.20. The van der Waals surface area contributed by atoms with Gasteiger partial charge in [-0.15, -0.1) is 0 Å². The number of nitrogens with one attached hydrogen (secondary N) is 1. The molecule has 2 aromatic rings. The van der Waals surface area contributed by atoms with Gasteiger partial charge in [0.05, 0.1) is 19.9 Å². The molecule has 0 aliphatic heterocycles. The average Bonchev–Trinajstić information content (AvgIpc) is 2.64. The van der Waals surface area contributed by atoms with Crippen LogP contribution >= 0.6 is 0 Å². The Morgan fingerprint density at radius 1 is 1.07 bits per heavy atom. The van der Waals surface area contributed by atoms with Crippen LogP contribution in [0.5, 0.6) is 5.75 Å². The van der Waals surface area contributed by atoms with Crippen molar-refractivity contribution in [3.8, 4) is 5.75 Å². The number of rotatable bonds is 9. The first-order valence-corrected chi connectivity index (χ1v) is 10.6. The molecule has 7 heteroatoms. The summed E-state index contributed by atoms with van der Waals surface area (Å²) >= 11 is 0. The van der Waals surface area contributed by atoms with Gasteiger partial charge in [-0.25, -0.2) is 8.42 Å². The van der Waals surface area contributed by atoms with Gasteiger partial charge in [0.2, 0.25) is 15.9 Å². The molecule has 0 saturated heterocycles. The number of methoxy groups -OCH3 is 1. The third-order valence-electron chi connectivity index (χ3n) is 4.28. The Morgan fingerprint density at radius 2 is 1.70 bits per heavy atom. The Labute approximate surface area is 161 Å². The fraction of sp³-hybridized carbons (Fsp3) is 0.350. The molecule has 0 radical (unpaired) electrons. The van der Waals surface area contributed by atoms with E-state index in [0.29, 0.717) is 17.9 Å². The second-order valence-electron chi connectivity index (χ2n) is 6.22. The summed E-state index contributed by atoms with van der Waals surface area (Å²) in [6.07, 6.45) is 2.35. The van der Waals surface area contributed by atoms with Crippen LogP contribution in [0.3, 0.4) is 0 Å². The van der Waals surface area contributed by atoms with Gasteiger partial charge in [-0.05, 0) is 36.1 Å². The van der Waals surface area contributed by atoms with Crippen molar-refractivity contribution in [2.45, 2.75) is 19.8 Å². The van der Waals surface area contributed by atoms with Crippen LogP contribution in [0, 0.1) is 0 Å². The Kier molecular flexibility index (Phi) is 7.38. The SMILES string of the molecule is CCc1ccccc1NC(=O)CN(CCc1ccccc1OC)S(C)(=O)=O. The molecule has 0 heterocycles. The van der Waals surface area contributed by atoms with Gasteiger partial charge < -0.3 is 10.1 Å². The van der Waals surface area contributed by atoms with Crippen molar-refractivity contribution in [3.63, 3.8) is 0 Å². The number of aryl methyl sites for hydroxylation is 1. The first-order valence-electron chi connectivity index (χ1n) is 8.80. The van der Waals surface area contributed by atoms with E-state index in [0.717, 1.165) is 23.8 Å². The zero-order valence-corrected chi connectivity index (χ0v) is 16.8. The second-order valence-corrected chi connectivity index (χ2v) is 8.20. The van der Waals surface area contributed by atoms with Crippen molar-refractivity contribution < 1.29 is 17.9 Å². The summed E-state index contributed by atoms with van der Waals surface area (Å²) in [5.74, 6) is 0.341. The number of para-hydroxylation sites is 2. The minimum atomic E-state index is -3.53. The van der Waals surface area contributed by atoms with E-state index in [2.05, 4.69) is 5.32 Å². The third kappa shape index (κ3) is 6.08. The maximum atomic E-state index is 12.4. The van der Waals surface area contributed by atoms with E-state index in [1.165, 1.54) is 4.31 Å². The van der Waals surface area contributed by atoms with Crippen LogP contribution in [0.15, 0.2) is 48.5 Å². The lowest BCUT2D eigenvalue weighted by molar-refractivity contribution is -0.116. The summed E-state index contributed by atoms with van der Waals surface area (Å²) in [5.41, 5.74) is 2.61. The van der Waals surface area contributed by atoms with Gasteiger partial charge >= 0.3 is 0 Å². The molecule has 0 aromatic heterocycles. The van der Waals surface area contributed by atoms with E-state index >= 15 is 0 Å². The van der Waals surface area contributed by atoms with E-state index in [-0.39, 0.29) is 19.0 Å². The lowest BCUT2D eigenvalue weighted by Crippen LogP contribution is -2.38. The zero-order valence-electron chi connectivity index (χ0n) is 15.9. The molecule has 0 aliphatic rings. The smallest absolute Gasteiger partial charge is 0.239 e. The first kappa shape index (κ1) is 20.9. The van der Waals surface area contributed by atoms with Crippen LogP contribution in [0.1, 0.15) is 18.1 Å². The molecule has 1 N–H and O–H groups in total. The third-order valence-corrected chi connectivity index (χ3v) is 5.53. The monoisotopic (exact) mass is 390 g/mol. The summed E-state index contributed by atoms with van der Waals surface area (Å²) in [5, 5.41) is 2.82. The molecule has 0 atom stereocenters. The van der Waals surface area contributed by atoms with Crippen molar-refractivity contribution in [2.75, 3.05) is 31.8 Å². The normalized spacial score (nSPS) is 11.4. The molecule has 2 aromatic carbocycles. The molecule has 2 rings (SSSR count). The van der Waals surface area contributed by atoms with Crippen LogP contribution in [0.4, 0.5) is 5.69 Å². The number of ether oxygens (including phenoxy) is 1. The number of carbonyl (C=O) groups is 1. The lowest BCUT2D eigenvalue weighted by atomic mass is 10.1. The highest BCUT2D eigenvalue weighted by molar-refractivity contribution is 7.88. The van der Waals surface area contributed by atoms with Crippen LogP contribution in [0.25, 0.3) is 0 Å². The second kappa shape index (κ2) is 9.53. The van der Waals surface area contributed by atoms with Crippen LogP contribution in [-0.4, -0.2) is 45.1 Å². The number of anilines is 1. The van der Waals surface area contributed by atoms with E-state index in [4.69, 9.17) is 4.74 Å². The van der Waals surface area contributed by atoms with E-state index < -0.39 is 10.0 Å². The van der Waals surface area contributed by atoms with Crippen molar-refractivity contribution >= 4 is 21.6 Å². The van der Waals surface area contributed by atoms with Crippen LogP contribution in [0.2, 0.25) is 0 Å².